The minimum absolute atomic E-state index is 0.373. The maximum atomic E-state index is 5.93. The minimum Gasteiger partial charge on any atom is -0.444 e. The van der Waals surface area contributed by atoms with E-state index in [4.69, 9.17) is 4.42 Å². The van der Waals surface area contributed by atoms with Gasteiger partial charge in [0.05, 0.1) is 12.2 Å². The number of nitrogens with one attached hydrogen (secondary N) is 1. The first kappa shape index (κ1) is 10.3. The van der Waals surface area contributed by atoms with E-state index < -0.39 is 0 Å². The summed E-state index contributed by atoms with van der Waals surface area (Å²) in [4.78, 5) is 4.44. The summed E-state index contributed by atoms with van der Waals surface area (Å²) in [6.45, 7) is 1.10. The molecule has 1 saturated heterocycles. The number of hydrogen-bond donors (Lipinski definition) is 1. The predicted octanol–water partition coefficient (Wildman–Crippen LogP) is 3.15. The van der Waals surface area contributed by atoms with E-state index in [1.165, 1.54) is 44.9 Å². The van der Waals surface area contributed by atoms with E-state index in [2.05, 4.69) is 10.3 Å². The molecule has 0 spiro atoms. The lowest BCUT2D eigenvalue weighted by Crippen LogP contribution is -2.12. The van der Waals surface area contributed by atoms with Crippen molar-refractivity contribution >= 4 is 0 Å². The third-order valence-corrected chi connectivity index (χ3v) is 3.91. The number of oxazole rings is 1. The van der Waals surface area contributed by atoms with Gasteiger partial charge in [-0.2, -0.15) is 0 Å². The van der Waals surface area contributed by atoms with Crippen molar-refractivity contribution in [2.75, 3.05) is 6.54 Å². The van der Waals surface area contributed by atoms with Crippen molar-refractivity contribution in [2.24, 2.45) is 0 Å². The second-order valence-corrected chi connectivity index (χ2v) is 5.08. The molecule has 1 aliphatic carbocycles. The van der Waals surface area contributed by atoms with Crippen molar-refractivity contribution in [2.45, 2.75) is 56.9 Å². The molecule has 1 N–H and O–H groups in total. The first-order valence-corrected chi connectivity index (χ1v) is 6.62. The molecule has 0 aromatic carbocycles. The van der Waals surface area contributed by atoms with E-state index in [1.54, 1.807) is 0 Å². The second-order valence-electron chi connectivity index (χ2n) is 5.08. The molecule has 88 valence electrons. The van der Waals surface area contributed by atoms with Crippen LogP contribution < -0.4 is 5.32 Å². The van der Waals surface area contributed by atoms with E-state index in [9.17, 15) is 0 Å². The van der Waals surface area contributed by atoms with Gasteiger partial charge in [0.15, 0.2) is 0 Å². The van der Waals surface area contributed by atoms with Gasteiger partial charge in [-0.25, -0.2) is 4.98 Å². The molecule has 1 aromatic rings. The van der Waals surface area contributed by atoms with Gasteiger partial charge in [-0.1, -0.05) is 19.3 Å². The number of hydrogen-bond acceptors (Lipinski definition) is 3. The van der Waals surface area contributed by atoms with Crippen molar-refractivity contribution in [1.82, 2.24) is 10.3 Å². The summed E-state index contributed by atoms with van der Waals surface area (Å²) in [5.74, 6) is 2.68. The van der Waals surface area contributed by atoms with Crippen LogP contribution in [0.1, 0.15) is 68.6 Å². The van der Waals surface area contributed by atoms with Gasteiger partial charge < -0.3 is 9.73 Å². The fourth-order valence-corrected chi connectivity index (χ4v) is 2.93. The van der Waals surface area contributed by atoms with E-state index in [0.717, 1.165) is 18.2 Å². The van der Waals surface area contributed by atoms with E-state index in [1.807, 2.05) is 6.20 Å². The van der Waals surface area contributed by atoms with Crippen LogP contribution in [-0.2, 0) is 0 Å². The van der Waals surface area contributed by atoms with Gasteiger partial charge in [-0.3, -0.25) is 0 Å². The Morgan fingerprint density at radius 2 is 2.00 bits per heavy atom. The lowest BCUT2D eigenvalue weighted by molar-refractivity contribution is 0.343. The highest BCUT2D eigenvalue weighted by atomic mass is 16.4. The van der Waals surface area contributed by atoms with Crippen LogP contribution >= 0.6 is 0 Å². The van der Waals surface area contributed by atoms with Gasteiger partial charge in [-0.05, 0) is 32.2 Å². The Hall–Kier alpha value is -0.830. The first-order valence-electron chi connectivity index (χ1n) is 6.62. The third-order valence-electron chi connectivity index (χ3n) is 3.91. The molecule has 3 heteroatoms. The fourth-order valence-electron chi connectivity index (χ4n) is 2.93. The number of aromatic nitrogens is 1. The average molecular weight is 220 g/mol. The Balaban J connectivity index is 1.71. The maximum Gasteiger partial charge on any atom is 0.211 e. The van der Waals surface area contributed by atoms with Crippen LogP contribution in [0.5, 0.6) is 0 Å². The fraction of sp³-hybridized carbons (Fsp3) is 0.769. The van der Waals surface area contributed by atoms with E-state index >= 15 is 0 Å². The summed E-state index contributed by atoms with van der Waals surface area (Å²) in [7, 11) is 0. The Morgan fingerprint density at radius 3 is 2.75 bits per heavy atom. The molecule has 16 heavy (non-hydrogen) atoms. The largest absolute Gasteiger partial charge is 0.444 e. The van der Waals surface area contributed by atoms with Gasteiger partial charge in [0, 0.05) is 5.92 Å². The topological polar surface area (TPSA) is 38.1 Å². The molecule has 1 aliphatic heterocycles. The SMILES string of the molecule is c1nc(C2CCCN2)oc1C1CCCCC1. The molecule has 1 atom stereocenters. The predicted molar refractivity (Wildman–Crippen MR) is 62.3 cm³/mol. The molecule has 0 amide bonds. The van der Waals surface area contributed by atoms with Gasteiger partial charge in [-0.15, -0.1) is 0 Å². The van der Waals surface area contributed by atoms with Crippen LogP contribution in [0.3, 0.4) is 0 Å². The lowest BCUT2D eigenvalue weighted by atomic mass is 9.88. The van der Waals surface area contributed by atoms with Crippen LogP contribution in [0.25, 0.3) is 0 Å². The molecule has 0 bridgehead atoms. The highest BCUT2D eigenvalue weighted by Crippen LogP contribution is 2.34. The minimum atomic E-state index is 0.373. The summed E-state index contributed by atoms with van der Waals surface area (Å²) >= 11 is 0. The molecule has 3 rings (SSSR count). The summed E-state index contributed by atoms with van der Waals surface area (Å²) in [5.41, 5.74) is 0. The van der Waals surface area contributed by atoms with Crippen LogP contribution in [0.4, 0.5) is 0 Å². The molecule has 2 fully saturated rings. The molecular weight excluding hydrogens is 200 g/mol. The molecular formula is C13H20N2O. The molecule has 0 radical (unpaired) electrons. The van der Waals surface area contributed by atoms with Crippen molar-refractivity contribution in [3.63, 3.8) is 0 Å². The van der Waals surface area contributed by atoms with Gasteiger partial charge >= 0.3 is 0 Å². The molecule has 2 heterocycles. The zero-order valence-electron chi connectivity index (χ0n) is 9.74. The number of rotatable bonds is 2. The lowest BCUT2D eigenvalue weighted by Gasteiger charge is -2.18. The van der Waals surface area contributed by atoms with E-state index in [0.29, 0.717) is 12.0 Å². The first-order chi connectivity index (χ1) is 7.93. The monoisotopic (exact) mass is 220 g/mol. The van der Waals surface area contributed by atoms with Crippen LogP contribution in [0.2, 0.25) is 0 Å². The Morgan fingerprint density at radius 1 is 1.12 bits per heavy atom. The normalized spacial score (nSPS) is 27.4. The molecule has 1 unspecified atom stereocenters. The Kier molecular flexibility index (Phi) is 2.96. The van der Waals surface area contributed by atoms with Gasteiger partial charge in [0.2, 0.25) is 5.89 Å². The zero-order chi connectivity index (χ0) is 10.8. The average Bonchev–Trinajstić information content (AvgIpc) is 3.01. The second kappa shape index (κ2) is 4.58. The smallest absolute Gasteiger partial charge is 0.211 e. The maximum absolute atomic E-state index is 5.93. The molecule has 1 saturated carbocycles. The van der Waals surface area contributed by atoms with Crippen molar-refractivity contribution in [1.29, 1.82) is 0 Å². The summed E-state index contributed by atoms with van der Waals surface area (Å²) in [6.07, 6.45) is 11.0. The highest BCUT2D eigenvalue weighted by Gasteiger charge is 2.24. The van der Waals surface area contributed by atoms with Gasteiger partial charge in [0.1, 0.15) is 5.76 Å². The van der Waals surface area contributed by atoms with Crippen molar-refractivity contribution < 1.29 is 4.42 Å². The van der Waals surface area contributed by atoms with Crippen LogP contribution in [-0.4, -0.2) is 11.5 Å². The van der Waals surface area contributed by atoms with Crippen molar-refractivity contribution in [3.8, 4) is 0 Å². The highest BCUT2D eigenvalue weighted by molar-refractivity contribution is 5.05. The summed E-state index contributed by atoms with van der Waals surface area (Å²) < 4.78 is 5.93. The van der Waals surface area contributed by atoms with E-state index in [-0.39, 0.29) is 0 Å². The van der Waals surface area contributed by atoms with Crippen molar-refractivity contribution in [3.05, 3.63) is 17.8 Å². The molecule has 1 aromatic heterocycles. The zero-order valence-corrected chi connectivity index (χ0v) is 9.74. The van der Waals surface area contributed by atoms with Gasteiger partial charge in [0.25, 0.3) is 0 Å². The summed E-state index contributed by atoms with van der Waals surface area (Å²) in [6, 6.07) is 0.373. The quantitative estimate of drug-likeness (QED) is 0.832. The van der Waals surface area contributed by atoms with Crippen LogP contribution in [0.15, 0.2) is 10.6 Å². The molecule has 3 nitrogen and oxygen atoms in total. The number of nitrogens with zero attached hydrogens (tertiary/aromatic N) is 1. The summed E-state index contributed by atoms with van der Waals surface area (Å²) in [5, 5.41) is 3.43. The standard InChI is InChI=1S/C13H20N2O/c1-2-5-10(6-3-1)12-9-15-13(16-12)11-7-4-8-14-11/h9-11,14H,1-8H2. The Labute approximate surface area is 96.6 Å². The third kappa shape index (κ3) is 2.01. The Bertz CT molecular complexity index is 335. The molecule has 2 aliphatic rings. The van der Waals surface area contributed by atoms with Crippen LogP contribution in [0, 0.1) is 0 Å².